The second-order valence-electron chi connectivity index (χ2n) is 2.93. The molecule has 0 saturated heterocycles. The lowest BCUT2D eigenvalue weighted by atomic mass is 10.2. The van der Waals surface area contributed by atoms with E-state index in [4.69, 9.17) is 12.2 Å². The number of nitrogens with zero attached hydrogens (tertiary/aromatic N) is 2. The molecule has 0 aliphatic carbocycles. The average Bonchev–Trinajstić information content (AvgIpc) is 2.30. The van der Waals surface area contributed by atoms with E-state index < -0.39 is 16.4 Å². The fraction of sp³-hybridized carbons (Fsp3) is 0.111. The van der Waals surface area contributed by atoms with Crippen LogP contribution in [0.1, 0.15) is 5.56 Å². The number of benzene rings is 1. The lowest BCUT2D eigenvalue weighted by Crippen LogP contribution is -2.28. The van der Waals surface area contributed by atoms with Crippen LogP contribution in [0.2, 0.25) is 0 Å². The standard InChI is InChI=1S/C9H10N4O3S/c1-10-9(17)12-11-5-6-2-3-8(14)7(4-6)13(15)16/h2-5,14H,1H3,(H2,10,12,17)/p-1/b11-5+. The summed E-state index contributed by atoms with van der Waals surface area (Å²) >= 11 is 4.76. The van der Waals surface area contributed by atoms with E-state index in [9.17, 15) is 15.2 Å². The summed E-state index contributed by atoms with van der Waals surface area (Å²) in [6.07, 6.45) is 1.33. The fourth-order valence-corrected chi connectivity index (χ4v) is 1.03. The normalized spacial score (nSPS) is 10.2. The van der Waals surface area contributed by atoms with Gasteiger partial charge in [0.05, 0.1) is 11.1 Å². The molecule has 0 fully saturated rings. The van der Waals surface area contributed by atoms with Crippen molar-refractivity contribution in [2.45, 2.75) is 0 Å². The quantitative estimate of drug-likeness (QED) is 0.342. The molecule has 7 nitrogen and oxygen atoms in total. The third kappa shape index (κ3) is 3.68. The van der Waals surface area contributed by atoms with Crippen LogP contribution in [0.3, 0.4) is 0 Å². The SMILES string of the molecule is CNC(=S)N/N=C/c1ccc([O-])c([N+](=O)[O-])c1. The van der Waals surface area contributed by atoms with Gasteiger partial charge in [-0.25, -0.2) is 0 Å². The molecular weight excluding hydrogens is 244 g/mol. The molecule has 17 heavy (non-hydrogen) atoms. The second-order valence-corrected chi connectivity index (χ2v) is 3.34. The third-order valence-corrected chi connectivity index (χ3v) is 2.08. The Morgan fingerprint density at radius 3 is 2.88 bits per heavy atom. The Balaban J connectivity index is 2.82. The van der Waals surface area contributed by atoms with Gasteiger partial charge in [0.1, 0.15) is 0 Å². The number of hydrogen-bond donors (Lipinski definition) is 2. The van der Waals surface area contributed by atoms with Crippen molar-refractivity contribution in [2.24, 2.45) is 5.10 Å². The van der Waals surface area contributed by atoms with E-state index in [0.717, 1.165) is 12.1 Å². The molecule has 90 valence electrons. The maximum atomic E-state index is 11.1. The number of nitrogens with one attached hydrogen (secondary N) is 2. The van der Waals surface area contributed by atoms with Crippen LogP contribution in [0.5, 0.6) is 5.75 Å². The Hall–Kier alpha value is -2.22. The Kier molecular flexibility index (Phi) is 4.35. The summed E-state index contributed by atoms with van der Waals surface area (Å²) in [7, 11) is 1.63. The van der Waals surface area contributed by atoms with Crippen molar-refractivity contribution >= 4 is 29.2 Å². The van der Waals surface area contributed by atoms with Crippen LogP contribution in [-0.2, 0) is 0 Å². The highest BCUT2D eigenvalue weighted by Crippen LogP contribution is 2.22. The first kappa shape index (κ1) is 12.8. The summed E-state index contributed by atoms with van der Waals surface area (Å²) in [6, 6.07) is 3.70. The minimum atomic E-state index is -0.731. The third-order valence-electron chi connectivity index (χ3n) is 1.79. The zero-order valence-corrected chi connectivity index (χ0v) is 9.65. The van der Waals surface area contributed by atoms with Gasteiger partial charge in [-0.1, -0.05) is 12.1 Å². The van der Waals surface area contributed by atoms with Crippen molar-refractivity contribution in [1.29, 1.82) is 0 Å². The van der Waals surface area contributed by atoms with Crippen molar-refractivity contribution in [3.05, 3.63) is 33.9 Å². The highest BCUT2D eigenvalue weighted by molar-refractivity contribution is 7.80. The Labute approximate surface area is 102 Å². The highest BCUT2D eigenvalue weighted by atomic mass is 32.1. The van der Waals surface area contributed by atoms with Crippen molar-refractivity contribution in [3.63, 3.8) is 0 Å². The summed E-state index contributed by atoms with van der Waals surface area (Å²) < 4.78 is 0. The van der Waals surface area contributed by atoms with Gasteiger partial charge in [-0.3, -0.25) is 15.5 Å². The maximum absolute atomic E-state index is 11.1. The fourth-order valence-electron chi connectivity index (χ4n) is 0.979. The topological polar surface area (TPSA) is 103 Å². The largest absolute Gasteiger partial charge is 0.868 e. The first-order valence-corrected chi connectivity index (χ1v) is 4.91. The lowest BCUT2D eigenvalue weighted by Gasteiger charge is -2.06. The Bertz CT molecular complexity index is 475. The lowest BCUT2D eigenvalue weighted by molar-refractivity contribution is -0.398. The van der Waals surface area contributed by atoms with Crippen molar-refractivity contribution in [2.75, 3.05) is 7.05 Å². The summed E-state index contributed by atoms with van der Waals surface area (Å²) in [6.45, 7) is 0. The van der Waals surface area contributed by atoms with Gasteiger partial charge >= 0.3 is 0 Å². The highest BCUT2D eigenvalue weighted by Gasteiger charge is 2.06. The van der Waals surface area contributed by atoms with Gasteiger partial charge in [0.2, 0.25) is 0 Å². The van der Waals surface area contributed by atoms with E-state index in [-0.39, 0.29) is 0 Å². The first-order chi connectivity index (χ1) is 8.04. The minimum absolute atomic E-state index is 0.316. The summed E-state index contributed by atoms with van der Waals surface area (Å²) in [4.78, 5) is 9.79. The van der Waals surface area contributed by atoms with Gasteiger partial charge in [0.15, 0.2) is 5.11 Å². The van der Waals surface area contributed by atoms with Crippen LogP contribution in [0.25, 0.3) is 0 Å². The predicted octanol–water partition coefficient (Wildman–Crippen LogP) is 0.0962. The number of nitro benzene ring substituents is 1. The second kappa shape index (κ2) is 5.75. The molecular formula is C9H9N4O3S-. The number of hydrogen-bond acceptors (Lipinski definition) is 5. The molecule has 1 aromatic carbocycles. The molecule has 0 amide bonds. The molecule has 0 atom stereocenters. The molecule has 1 aromatic rings. The van der Waals surface area contributed by atoms with Crippen LogP contribution < -0.4 is 15.8 Å². The van der Waals surface area contributed by atoms with Crippen LogP contribution in [0, 0.1) is 10.1 Å². The molecule has 0 bridgehead atoms. The van der Waals surface area contributed by atoms with Gasteiger partial charge in [0, 0.05) is 18.7 Å². The molecule has 0 radical (unpaired) electrons. The maximum Gasteiger partial charge on any atom is 0.262 e. The molecule has 2 N–H and O–H groups in total. The Morgan fingerprint density at radius 1 is 1.59 bits per heavy atom. The van der Waals surface area contributed by atoms with E-state index in [1.807, 2.05) is 0 Å². The average molecular weight is 253 g/mol. The van der Waals surface area contributed by atoms with E-state index in [0.29, 0.717) is 10.7 Å². The van der Waals surface area contributed by atoms with Crippen LogP contribution in [0.4, 0.5) is 5.69 Å². The van der Waals surface area contributed by atoms with Crippen LogP contribution >= 0.6 is 12.2 Å². The molecule has 1 rings (SSSR count). The van der Waals surface area contributed by atoms with Crippen molar-refractivity contribution in [1.82, 2.24) is 10.7 Å². The van der Waals surface area contributed by atoms with Gasteiger partial charge in [-0.2, -0.15) is 5.10 Å². The Morgan fingerprint density at radius 2 is 2.29 bits per heavy atom. The number of hydrazone groups is 1. The number of thiocarbonyl (C=S) groups is 1. The number of nitro groups is 1. The zero-order valence-electron chi connectivity index (χ0n) is 8.84. The predicted molar refractivity (Wildman–Crippen MR) is 64.9 cm³/mol. The van der Waals surface area contributed by atoms with Gasteiger partial charge in [-0.15, -0.1) is 0 Å². The molecule has 0 aromatic heterocycles. The van der Waals surface area contributed by atoms with E-state index in [2.05, 4.69) is 15.8 Å². The molecule has 0 spiro atoms. The van der Waals surface area contributed by atoms with Gasteiger partial charge in [-0.05, 0) is 18.0 Å². The summed E-state index contributed by atoms with van der Waals surface area (Å²) in [5.74, 6) is -0.633. The van der Waals surface area contributed by atoms with E-state index in [1.54, 1.807) is 7.05 Å². The molecule has 0 aliphatic rings. The van der Waals surface area contributed by atoms with Crippen molar-refractivity contribution in [3.8, 4) is 5.75 Å². The van der Waals surface area contributed by atoms with Crippen LogP contribution in [-0.4, -0.2) is 23.3 Å². The minimum Gasteiger partial charge on any atom is -0.868 e. The van der Waals surface area contributed by atoms with Crippen molar-refractivity contribution < 1.29 is 10.0 Å². The number of rotatable bonds is 3. The summed E-state index contributed by atoms with van der Waals surface area (Å²) in [5.41, 5.74) is 2.44. The molecule has 0 aliphatic heterocycles. The van der Waals surface area contributed by atoms with E-state index >= 15 is 0 Å². The molecule has 0 heterocycles. The van der Waals surface area contributed by atoms with E-state index in [1.165, 1.54) is 12.3 Å². The molecule has 8 heteroatoms. The summed E-state index contributed by atoms with van der Waals surface area (Å²) in [5, 5.41) is 28.3. The molecule has 0 unspecified atom stereocenters. The zero-order chi connectivity index (χ0) is 12.8. The van der Waals surface area contributed by atoms with Gasteiger partial charge < -0.3 is 10.4 Å². The first-order valence-electron chi connectivity index (χ1n) is 4.51. The molecule has 0 saturated carbocycles. The monoisotopic (exact) mass is 253 g/mol. The van der Waals surface area contributed by atoms with Gasteiger partial charge in [0.25, 0.3) is 5.69 Å². The smallest absolute Gasteiger partial charge is 0.262 e. The van der Waals surface area contributed by atoms with Crippen LogP contribution in [0.15, 0.2) is 23.3 Å².